The van der Waals surface area contributed by atoms with E-state index < -0.39 is 0 Å². The average Bonchev–Trinajstić information content (AvgIpc) is 2.93. The van der Waals surface area contributed by atoms with E-state index >= 15 is 0 Å². The predicted octanol–water partition coefficient (Wildman–Crippen LogP) is 2.68. The summed E-state index contributed by atoms with van der Waals surface area (Å²) in [5.41, 5.74) is 1.55. The molecule has 2 fully saturated rings. The first kappa shape index (κ1) is 13.6. The molecular weight excluding hydrogens is 228 g/mol. The summed E-state index contributed by atoms with van der Waals surface area (Å²) in [7, 11) is 1.44. The second-order valence-corrected chi connectivity index (χ2v) is 5.68. The van der Waals surface area contributed by atoms with Gasteiger partial charge in [-0.15, -0.1) is 0 Å². The summed E-state index contributed by atoms with van der Waals surface area (Å²) in [6.45, 7) is 0.358. The Balaban J connectivity index is 1.74. The van der Waals surface area contributed by atoms with Crippen LogP contribution in [-0.4, -0.2) is 24.8 Å². The second-order valence-electron chi connectivity index (χ2n) is 5.68. The van der Waals surface area contributed by atoms with Crippen LogP contribution in [0.5, 0.6) is 0 Å². The Bertz CT molecular complexity index is 322. The number of rotatable bonds is 5. The molecule has 2 aliphatic carbocycles. The van der Waals surface area contributed by atoms with E-state index in [0.29, 0.717) is 18.9 Å². The number of hydrogen-bond donors (Lipinski definition) is 1. The molecule has 2 saturated carbocycles. The van der Waals surface area contributed by atoms with E-state index in [0.717, 1.165) is 24.7 Å². The van der Waals surface area contributed by atoms with Crippen molar-refractivity contribution in [2.24, 2.45) is 17.8 Å². The molecule has 0 aliphatic heterocycles. The zero-order valence-corrected chi connectivity index (χ0v) is 11.2. The Labute approximate surface area is 109 Å². The van der Waals surface area contributed by atoms with E-state index in [9.17, 15) is 9.90 Å². The number of aliphatic hydroxyl groups excluding tert-OH is 1. The Hall–Kier alpha value is -0.830. The van der Waals surface area contributed by atoms with Crippen molar-refractivity contribution in [2.75, 3.05) is 13.7 Å². The number of unbranched alkanes of at least 4 members (excludes halogenated alkanes) is 1. The van der Waals surface area contributed by atoms with E-state index in [1.54, 1.807) is 5.57 Å². The summed E-state index contributed by atoms with van der Waals surface area (Å²) in [4.78, 5) is 11.0. The lowest BCUT2D eigenvalue weighted by atomic mass is 9.92. The highest BCUT2D eigenvalue weighted by molar-refractivity contribution is 5.69. The molecule has 2 aliphatic rings. The minimum absolute atomic E-state index is 0.114. The molecule has 1 N–H and O–H groups in total. The normalized spacial score (nSPS) is 32.8. The fourth-order valence-corrected chi connectivity index (χ4v) is 3.60. The van der Waals surface area contributed by atoms with E-state index in [4.69, 9.17) is 0 Å². The number of allylic oxidation sites excluding steroid dienone is 2. The van der Waals surface area contributed by atoms with E-state index in [1.807, 2.05) is 0 Å². The second kappa shape index (κ2) is 6.37. The van der Waals surface area contributed by atoms with Crippen molar-refractivity contribution < 1.29 is 14.6 Å². The standard InChI is InChI=1S/C15H24O3/c1-18-15(17)5-3-2-4-11-8-12-6-7-13(10-16)14(12)9-11/h4,12-14,16H,2-3,5-10H2,1H3/b11-4+/t12-,13?,14+/m1/s1. The molecule has 3 atom stereocenters. The molecule has 0 aromatic carbocycles. The summed E-state index contributed by atoms with van der Waals surface area (Å²) in [6, 6.07) is 0. The molecule has 0 amide bonds. The Morgan fingerprint density at radius 2 is 2.28 bits per heavy atom. The summed E-state index contributed by atoms with van der Waals surface area (Å²) < 4.78 is 4.62. The van der Waals surface area contributed by atoms with Gasteiger partial charge in [-0.3, -0.25) is 4.79 Å². The van der Waals surface area contributed by atoms with Gasteiger partial charge in [0.25, 0.3) is 0 Å². The zero-order valence-electron chi connectivity index (χ0n) is 11.2. The molecule has 102 valence electrons. The molecule has 3 nitrogen and oxygen atoms in total. The lowest BCUT2D eigenvalue weighted by molar-refractivity contribution is -0.140. The maximum atomic E-state index is 11.0. The molecule has 1 unspecified atom stereocenters. The first-order valence-corrected chi connectivity index (χ1v) is 7.10. The van der Waals surface area contributed by atoms with Crippen molar-refractivity contribution in [1.82, 2.24) is 0 Å². The molecule has 18 heavy (non-hydrogen) atoms. The number of hydrogen-bond acceptors (Lipinski definition) is 3. The molecule has 0 radical (unpaired) electrons. The largest absolute Gasteiger partial charge is 0.469 e. The molecule has 2 rings (SSSR count). The molecular formula is C15H24O3. The SMILES string of the molecule is COC(=O)CCC/C=C1\C[C@H]2CCC(CO)[C@H]2C1. The van der Waals surface area contributed by atoms with Gasteiger partial charge in [-0.25, -0.2) is 0 Å². The number of carbonyl (C=O) groups is 1. The number of ether oxygens (including phenoxy) is 1. The zero-order chi connectivity index (χ0) is 13.0. The Morgan fingerprint density at radius 1 is 1.44 bits per heavy atom. The van der Waals surface area contributed by atoms with Crippen LogP contribution in [-0.2, 0) is 9.53 Å². The molecule has 0 bridgehead atoms. The van der Waals surface area contributed by atoms with Crippen molar-refractivity contribution >= 4 is 5.97 Å². The first-order chi connectivity index (χ1) is 8.74. The molecule has 0 heterocycles. The molecule has 0 aromatic rings. The van der Waals surface area contributed by atoms with Gasteiger partial charge < -0.3 is 9.84 Å². The van der Waals surface area contributed by atoms with Gasteiger partial charge in [0.1, 0.15) is 0 Å². The van der Waals surface area contributed by atoms with Crippen LogP contribution >= 0.6 is 0 Å². The van der Waals surface area contributed by atoms with Crippen LogP contribution in [0.2, 0.25) is 0 Å². The molecule has 3 heteroatoms. The van der Waals surface area contributed by atoms with Gasteiger partial charge in [-0.1, -0.05) is 11.6 Å². The first-order valence-electron chi connectivity index (χ1n) is 7.10. The molecule has 0 aromatic heterocycles. The smallest absolute Gasteiger partial charge is 0.305 e. The minimum Gasteiger partial charge on any atom is -0.469 e. The van der Waals surface area contributed by atoms with Crippen LogP contribution in [0.15, 0.2) is 11.6 Å². The number of fused-ring (bicyclic) bond motifs is 1. The van der Waals surface area contributed by atoms with Crippen LogP contribution in [0.25, 0.3) is 0 Å². The van der Waals surface area contributed by atoms with Crippen LogP contribution in [0.3, 0.4) is 0 Å². The monoisotopic (exact) mass is 252 g/mol. The minimum atomic E-state index is -0.114. The van der Waals surface area contributed by atoms with E-state index in [1.165, 1.54) is 32.8 Å². The predicted molar refractivity (Wildman–Crippen MR) is 70.0 cm³/mol. The van der Waals surface area contributed by atoms with Crippen LogP contribution in [0.1, 0.15) is 44.9 Å². The lowest BCUT2D eigenvalue weighted by Gasteiger charge is -2.14. The van der Waals surface area contributed by atoms with Gasteiger partial charge >= 0.3 is 5.97 Å². The summed E-state index contributed by atoms with van der Waals surface area (Å²) in [5, 5.41) is 9.33. The number of aliphatic hydroxyl groups is 1. The van der Waals surface area contributed by atoms with Crippen LogP contribution in [0.4, 0.5) is 0 Å². The third-order valence-corrected chi connectivity index (χ3v) is 4.62. The van der Waals surface area contributed by atoms with Gasteiger partial charge in [0.2, 0.25) is 0 Å². The highest BCUT2D eigenvalue weighted by Gasteiger charge is 2.40. The Kier molecular flexibility index (Phi) is 4.81. The average molecular weight is 252 g/mol. The highest BCUT2D eigenvalue weighted by atomic mass is 16.5. The van der Waals surface area contributed by atoms with Crippen molar-refractivity contribution in [3.8, 4) is 0 Å². The van der Waals surface area contributed by atoms with Crippen molar-refractivity contribution in [3.05, 3.63) is 11.6 Å². The van der Waals surface area contributed by atoms with Gasteiger partial charge in [0, 0.05) is 13.0 Å². The Morgan fingerprint density at radius 3 is 3.00 bits per heavy atom. The van der Waals surface area contributed by atoms with Gasteiger partial charge in [-0.2, -0.15) is 0 Å². The van der Waals surface area contributed by atoms with Gasteiger partial charge in [0.15, 0.2) is 0 Å². The quantitative estimate of drug-likeness (QED) is 0.465. The summed E-state index contributed by atoms with van der Waals surface area (Å²) >= 11 is 0. The summed E-state index contributed by atoms with van der Waals surface area (Å²) in [6.07, 6.45) is 9.59. The highest BCUT2D eigenvalue weighted by Crippen LogP contribution is 2.49. The number of esters is 1. The van der Waals surface area contributed by atoms with Gasteiger partial charge in [0.05, 0.1) is 7.11 Å². The maximum absolute atomic E-state index is 11.0. The molecule has 0 saturated heterocycles. The third kappa shape index (κ3) is 3.14. The molecule has 0 spiro atoms. The maximum Gasteiger partial charge on any atom is 0.305 e. The number of methoxy groups -OCH3 is 1. The van der Waals surface area contributed by atoms with Crippen molar-refractivity contribution in [3.63, 3.8) is 0 Å². The van der Waals surface area contributed by atoms with E-state index in [-0.39, 0.29) is 5.97 Å². The fraction of sp³-hybridized carbons (Fsp3) is 0.800. The number of carbonyl (C=O) groups excluding carboxylic acids is 1. The lowest BCUT2D eigenvalue weighted by Crippen LogP contribution is -2.12. The topological polar surface area (TPSA) is 46.5 Å². The van der Waals surface area contributed by atoms with Crippen LogP contribution < -0.4 is 0 Å². The third-order valence-electron chi connectivity index (χ3n) is 4.62. The van der Waals surface area contributed by atoms with Gasteiger partial charge in [-0.05, 0) is 56.3 Å². The fourth-order valence-electron chi connectivity index (χ4n) is 3.60. The van der Waals surface area contributed by atoms with Crippen LogP contribution in [0, 0.1) is 17.8 Å². The van der Waals surface area contributed by atoms with Crippen molar-refractivity contribution in [1.29, 1.82) is 0 Å². The summed E-state index contributed by atoms with van der Waals surface area (Å²) in [5.74, 6) is 1.96. The van der Waals surface area contributed by atoms with E-state index in [2.05, 4.69) is 10.8 Å². The van der Waals surface area contributed by atoms with Crippen molar-refractivity contribution in [2.45, 2.75) is 44.9 Å².